The molecule has 0 spiro atoms. The Labute approximate surface area is 151 Å². The molecule has 1 amide bonds. The van der Waals surface area contributed by atoms with Crippen LogP contribution in [0.2, 0.25) is 0 Å². The van der Waals surface area contributed by atoms with E-state index in [1.54, 1.807) is 31.1 Å². The van der Waals surface area contributed by atoms with Crippen LogP contribution in [0.1, 0.15) is 15.9 Å². The average molecular weight is 417 g/mol. The third kappa shape index (κ3) is 4.45. The number of nitrogens with one attached hydrogen (secondary N) is 1. The SMILES string of the molecule is COc1ccc(Br)c(C(=O)Nc2ccc(N(C)C)cc2C(F)(F)F)c1. The van der Waals surface area contributed by atoms with Crippen molar-refractivity contribution in [2.24, 2.45) is 0 Å². The van der Waals surface area contributed by atoms with Crippen molar-refractivity contribution in [3.05, 3.63) is 52.0 Å². The van der Waals surface area contributed by atoms with Crippen molar-refractivity contribution in [1.29, 1.82) is 0 Å². The van der Waals surface area contributed by atoms with Crippen LogP contribution in [0.25, 0.3) is 0 Å². The number of carbonyl (C=O) groups excluding carboxylic acids is 1. The monoisotopic (exact) mass is 416 g/mol. The second-order valence-electron chi connectivity index (χ2n) is 5.42. The summed E-state index contributed by atoms with van der Waals surface area (Å²) < 4.78 is 45.5. The second kappa shape index (κ2) is 7.35. The van der Waals surface area contributed by atoms with Crippen molar-refractivity contribution >= 4 is 33.2 Å². The molecule has 0 aliphatic heterocycles. The predicted octanol–water partition coefficient (Wildman–Crippen LogP) is 4.79. The lowest BCUT2D eigenvalue weighted by molar-refractivity contribution is -0.136. The van der Waals surface area contributed by atoms with E-state index in [2.05, 4.69) is 21.2 Å². The van der Waals surface area contributed by atoms with E-state index in [-0.39, 0.29) is 11.3 Å². The highest BCUT2D eigenvalue weighted by atomic mass is 79.9. The van der Waals surface area contributed by atoms with Crippen molar-refractivity contribution in [3.8, 4) is 5.75 Å². The van der Waals surface area contributed by atoms with Crippen LogP contribution in [0.5, 0.6) is 5.75 Å². The zero-order chi connectivity index (χ0) is 18.8. The standard InChI is InChI=1S/C17H16BrF3N2O2/c1-23(2)10-4-7-15(13(8-10)17(19,20)21)22-16(24)12-9-11(25-3)5-6-14(12)18/h4-9H,1-3H3,(H,22,24). The van der Waals surface area contributed by atoms with E-state index in [9.17, 15) is 18.0 Å². The first-order valence-electron chi connectivity index (χ1n) is 7.17. The van der Waals surface area contributed by atoms with Crippen LogP contribution in [-0.4, -0.2) is 27.1 Å². The van der Waals surface area contributed by atoms with Crippen molar-refractivity contribution in [2.75, 3.05) is 31.4 Å². The number of rotatable bonds is 4. The molecule has 0 fully saturated rings. The van der Waals surface area contributed by atoms with Gasteiger partial charge in [0.2, 0.25) is 0 Å². The van der Waals surface area contributed by atoms with E-state index in [4.69, 9.17) is 4.74 Å². The van der Waals surface area contributed by atoms with E-state index in [1.807, 2.05) is 0 Å². The van der Waals surface area contributed by atoms with Crippen LogP contribution in [0.3, 0.4) is 0 Å². The van der Waals surface area contributed by atoms with Crippen LogP contribution in [0.4, 0.5) is 24.5 Å². The highest BCUT2D eigenvalue weighted by molar-refractivity contribution is 9.10. The van der Waals surface area contributed by atoms with Crippen molar-refractivity contribution < 1.29 is 22.7 Å². The molecule has 0 saturated heterocycles. The number of hydrogen-bond donors (Lipinski definition) is 1. The van der Waals surface area contributed by atoms with Crippen LogP contribution < -0.4 is 15.0 Å². The van der Waals surface area contributed by atoms with Gasteiger partial charge in [0, 0.05) is 24.3 Å². The number of halogens is 4. The van der Waals surface area contributed by atoms with Gasteiger partial charge in [0.25, 0.3) is 5.91 Å². The summed E-state index contributed by atoms with van der Waals surface area (Å²) in [6.07, 6.45) is -4.60. The number of nitrogens with zero attached hydrogens (tertiary/aromatic N) is 1. The Hall–Kier alpha value is -2.22. The summed E-state index contributed by atoms with van der Waals surface area (Å²) in [5.74, 6) is -0.249. The molecular formula is C17H16BrF3N2O2. The van der Waals surface area contributed by atoms with E-state index >= 15 is 0 Å². The number of hydrogen-bond acceptors (Lipinski definition) is 3. The molecule has 0 aromatic heterocycles. The fourth-order valence-electron chi connectivity index (χ4n) is 2.15. The molecule has 2 aromatic carbocycles. The van der Waals surface area contributed by atoms with Crippen molar-refractivity contribution in [3.63, 3.8) is 0 Å². The van der Waals surface area contributed by atoms with Crippen molar-refractivity contribution in [1.82, 2.24) is 0 Å². The molecule has 25 heavy (non-hydrogen) atoms. The van der Waals surface area contributed by atoms with Crippen LogP contribution in [0, 0.1) is 0 Å². The molecular weight excluding hydrogens is 401 g/mol. The number of benzene rings is 2. The van der Waals surface area contributed by atoms with E-state index in [0.717, 1.165) is 6.07 Å². The predicted molar refractivity (Wildman–Crippen MR) is 94.4 cm³/mol. The van der Waals surface area contributed by atoms with Gasteiger partial charge in [-0.05, 0) is 52.3 Å². The molecule has 4 nitrogen and oxygen atoms in total. The molecule has 8 heteroatoms. The van der Waals surface area contributed by atoms with Gasteiger partial charge in [-0.15, -0.1) is 0 Å². The van der Waals surface area contributed by atoms with Gasteiger partial charge in [0.05, 0.1) is 23.9 Å². The minimum Gasteiger partial charge on any atom is -0.497 e. The Morgan fingerprint density at radius 3 is 2.40 bits per heavy atom. The molecule has 0 aliphatic carbocycles. The van der Waals surface area contributed by atoms with Gasteiger partial charge in [0.15, 0.2) is 0 Å². The molecule has 2 aromatic rings. The largest absolute Gasteiger partial charge is 0.497 e. The summed E-state index contributed by atoms with van der Waals surface area (Å²) in [7, 11) is 4.72. The second-order valence-corrected chi connectivity index (χ2v) is 6.28. The first kappa shape index (κ1) is 19.1. The number of carbonyl (C=O) groups is 1. The Morgan fingerprint density at radius 1 is 1.16 bits per heavy atom. The van der Waals surface area contributed by atoms with Gasteiger partial charge in [0.1, 0.15) is 5.75 Å². The zero-order valence-corrected chi connectivity index (χ0v) is 15.3. The molecule has 0 unspecified atom stereocenters. The Morgan fingerprint density at radius 2 is 1.84 bits per heavy atom. The molecule has 0 heterocycles. The van der Waals surface area contributed by atoms with Gasteiger partial charge >= 0.3 is 6.18 Å². The molecule has 0 radical (unpaired) electrons. The normalized spacial score (nSPS) is 11.2. The number of anilines is 2. The first-order chi connectivity index (χ1) is 11.6. The Balaban J connectivity index is 2.41. The average Bonchev–Trinajstić information content (AvgIpc) is 2.54. The fourth-order valence-corrected chi connectivity index (χ4v) is 2.58. The minimum absolute atomic E-state index is 0.171. The quantitative estimate of drug-likeness (QED) is 0.778. The fraction of sp³-hybridized carbons (Fsp3) is 0.235. The summed E-state index contributed by atoms with van der Waals surface area (Å²) in [5, 5.41) is 2.33. The number of amides is 1. The molecule has 0 bridgehead atoms. The van der Waals surface area contributed by atoms with Gasteiger partial charge in [-0.3, -0.25) is 4.79 Å². The lowest BCUT2D eigenvalue weighted by Gasteiger charge is -2.19. The summed E-state index contributed by atoms with van der Waals surface area (Å²) in [4.78, 5) is 14.0. The molecule has 0 aliphatic rings. The summed E-state index contributed by atoms with van der Waals surface area (Å²) in [6.45, 7) is 0. The van der Waals surface area contributed by atoms with E-state index in [0.29, 0.717) is 15.9 Å². The van der Waals surface area contributed by atoms with Gasteiger partial charge in [-0.2, -0.15) is 13.2 Å². The first-order valence-corrected chi connectivity index (χ1v) is 7.96. The summed E-state index contributed by atoms with van der Waals surface area (Å²) in [5.41, 5.74) is -0.666. The molecule has 2 rings (SSSR count). The molecule has 0 atom stereocenters. The maximum absolute atomic E-state index is 13.3. The van der Waals surface area contributed by atoms with Crippen LogP contribution in [-0.2, 0) is 6.18 Å². The van der Waals surface area contributed by atoms with Gasteiger partial charge in [-0.25, -0.2) is 0 Å². The van der Waals surface area contributed by atoms with Crippen LogP contribution in [0.15, 0.2) is 40.9 Å². The molecule has 0 saturated carbocycles. The van der Waals surface area contributed by atoms with Crippen molar-refractivity contribution in [2.45, 2.75) is 6.18 Å². The Bertz CT molecular complexity index is 792. The highest BCUT2D eigenvalue weighted by Gasteiger charge is 2.34. The number of alkyl halides is 3. The Kier molecular flexibility index (Phi) is 5.62. The smallest absolute Gasteiger partial charge is 0.418 e. The highest BCUT2D eigenvalue weighted by Crippen LogP contribution is 2.37. The number of ether oxygens (including phenoxy) is 1. The van der Waals surface area contributed by atoms with Gasteiger partial charge < -0.3 is 15.0 Å². The lowest BCUT2D eigenvalue weighted by atomic mass is 10.1. The minimum atomic E-state index is -4.60. The number of methoxy groups -OCH3 is 1. The summed E-state index contributed by atoms with van der Waals surface area (Å²) >= 11 is 3.22. The zero-order valence-electron chi connectivity index (χ0n) is 13.7. The van der Waals surface area contributed by atoms with E-state index in [1.165, 1.54) is 25.3 Å². The summed E-state index contributed by atoms with van der Waals surface area (Å²) in [6, 6.07) is 8.41. The molecule has 134 valence electrons. The molecule has 1 N–H and O–H groups in total. The lowest BCUT2D eigenvalue weighted by Crippen LogP contribution is -2.18. The maximum Gasteiger partial charge on any atom is 0.418 e. The maximum atomic E-state index is 13.3. The van der Waals surface area contributed by atoms with Gasteiger partial charge in [-0.1, -0.05) is 0 Å². The van der Waals surface area contributed by atoms with Crippen LogP contribution >= 0.6 is 15.9 Å². The topological polar surface area (TPSA) is 41.6 Å². The third-order valence-corrected chi connectivity index (χ3v) is 4.18. The van der Waals surface area contributed by atoms with E-state index < -0.39 is 17.6 Å². The third-order valence-electron chi connectivity index (χ3n) is 3.49.